The molecule has 1 N–H and O–H groups in total. The van der Waals surface area contributed by atoms with Gasteiger partial charge in [-0.05, 0) is 31.0 Å². The topological polar surface area (TPSA) is 57.6 Å². The van der Waals surface area contributed by atoms with E-state index in [1.54, 1.807) is 12.1 Å². The smallest absolute Gasteiger partial charge is 0.335 e. The third-order valence-corrected chi connectivity index (χ3v) is 2.78. The quantitative estimate of drug-likeness (QED) is 0.840. The van der Waals surface area contributed by atoms with Crippen LogP contribution in [0, 0.1) is 0 Å². The van der Waals surface area contributed by atoms with Gasteiger partial charge in [0.05, 0.1) is 12.0 Å². The predicted octanol–water partition coefficient (Wildman–Crippen LogP) is 2.19. The number of carbonyl (C=O) groups excluding carboxylic acids is 1. The van der Waals surface area contributed by atoms with Gasteiger partial charge in [0.2, 0.25) is 5.91 Å². The molecule has 0 bridgehead atoms. The van der Waals surface area contributed by atoms with Crippen LogP contribution in [0.4, 0.5) is 0 Å². The molecule has 0 heterocycles. The molecular formula is C14H19NO3. The predicted molar refractivity (Wildman–Crippen MR) is 69.7 cm³/mol. The fraction of sp³-hybridized carbons (Fsp3) is 0.429. The van der Waals surface area contributed by atoms with Crippen molar-refractivity contribution in [3.05, 3.63) is 35.4 Å². The van der Waals surface area contributed by atoms with Crippen LogP contribution in [-0.4, -0.2) is 35.0 Å². The fourth-order valence-corrected chi connectivity index (χ4v) is 1.78. The third kappa shape index (κ3) is 3.87. The second-order valence-corrected chi connectivity index (χ2v) is 4.15. The highest BCUT2D eigenvalue weighted by molar-refractivity contribution is 5.87. The van der Waals surface area contributed by atoms with Crippen LogP contribution in [0.1, 0.15) is 36.2 Å². The van der Waals surface area contributed by atoms with Crippen LogP contribution in [0.3, 0.4) is 0 Å². The van der Waals surface area contributed by atoms with Crippen molar-refractivity contribution >= 4 is 11.9 Å². The molecule has 0 saturated heterocycles. The Morgan fingerprint density at radius 1 is 1.17 bits per heavy atom. The molecule has 98 valence electrons. The number of hydrogen-bond donors (Lipinski definition) is 1. The molecule has 1 amide bonds. The van der Waals surface area contributed by atoms with Crippen molar-refractivity contribution in [3.8, 4) is 0 Å². The lowest BCUT2D eigenvalue weighted by atomic mass is 10.1. The van der Waals surface area contributed by atoms with Gasteiger partial charge < -0.3 is 10.0 Å². The standard InChI is InChI=1S/C14H19NO3/c1-3-9-15(4-2)13(16)10-11-5-7-12(8-6-11)14(17)18/h5-8H,3-4,9-10H2,1-2H3,(H,17,18). The third-order valence-electron chi connectivity index (χ3n) is 2.78. The molecule has 0 aliphatic heterocycles. The van der Waals surface area contributed by atoms with E-state index < -0.39 is 5.97 Å². The van der Waals surface area contributed by atoms with Crippen LogP contribution >= 0.6 is 0 Å². The average molecular weight is 249 g/mol. The number of hydrogen-bond acceptors (Lipinski definition) is 2. The van der Waals surface area contributed by atoms with Gasteiger partial charge in [-0.2, -0.15) is 0 Å². The Hall–Kier alpha value is -1.84. The highest BCUT2D eigenvalue weighted by atomic mass is 16.4. The Kier molecular flexibility index (Phi) is 5.36. The summed E-state index contributed by atoms with van der Waals surface area (Å²) in [5.74, 6) is -0.864. The number of carboxylic acid groups (broad SMARTS) is 1. The fourth-order valence-electron chi connectivity index (χ4n) is 1.78. The molecule has 1 rings (SSSR count). The normalized spacial score (nSPS) is 10.1. The lowest BCUT2D eigenvalue weighted by Gasteiger charge is -2.20. The van der Waals surface area contributed by atoms with Crippen molar-refractivity contribution in [3.63, 3.8) is 0 Å². The molecule has 0 aliphatic rings. The minimum atomic E-state index is -0.950. The number of likely N-dealkylation sites (N-methyl/N-ethyl adjacent to an activating group) is 1. The first-order valence-electron chi connectivity index (χ1n) is 6.18. The van der Waals surface area contributed by atoms with Gasteiger partial charge >= 0.3 is 5.97 Å². The van der Waals surface area contributed by atoms with E-state index in [-0.39, 0.29) is 11.5 Å². The van der Waals surface area contributed by atoms with Crippen molar-refractivity contribution in [2.75, 3.05) is 13.1 Å². The molecule has 0 aliphatic carbocycles. The van der Waals surface area contributed by atoms with E-state index in [2.05, 4.69) is 0 Å². The SMILES string of the molecule is CCCN(CC)C(=O)Cc1ccc(C(=O)O)cc1. The molecule has 0 aromatic heterocycles. The summed E-state index contributed by atoms with van der Waals surface area (Å²) in [4.78, 5) is 24.5. The van der Waals surface area contributed by atoms with Crippen molar-refractivity contribution in [2.45, 2.75) is 26.7 Å². The van der Waals surface area contributed by atoms with Gasteiger partial charge in [0.1, 0.15) is 0 Å². The highest BCUT2D eigenvalue weighted by Crippen LogP contribution is 2.07. The molecule has 0 radical (unpaired) electrons. The molecule has 0 saturated carbocycles. The summed E-state index contributed by atoms with van der Waals surface area (Å²) >= 11 is 0. The zero-order chi connectivity index (χ0) is 13.5. The largest absolute Gasteiger partial charge is 0.478 e. The van der Waals surface area contributed by atoms with Gasteiger partial charge in [0.25, 0.3) is 0 Å². The number of rotatable bonds is 6. The maximum Gasteiger partial charge on any atom is 0.335 e. The minimum Gasteiger partial charge on any atom is -0.478 e. The van der Waals surface area contributed by atoms with Gasteiger partial charge in [-0.25, -0.2) is 4.79 Å². The Labute approximate surface area is 107 Å². The number of carboxylic acids is 1. The maximum absolute atomic E-state index is 12.0. The molecule has 4 heteroatoms. The Morgan fingerprint density at radius 2 is 1.78 bits per heavy atom. The summed E-state index contributed by atoms with van der Waals surface area (Å²) in [5, 5.41) is 8.78. The Morgan fingerprint density at radius 3 is 2.22 bits per heavy atom. The van der Waals surface area contributed by atoms with Gasteiger partial charge in [0.15, 0.2) is 0 Å². The molecule has 0 fully saturated rings. The van der Waals surface area contributed by atoms with Crippen molar-refractivity contribution < 1.29 is 14.7 Å². The van der Waals surface area contributed by atoms with E-state index >= 15 is 0 Å². The molecule has 18 heavy (non-hydrogen) atoms. The maximum atomic E-state index is 12.0. The van der Waals surface area contributed by atoms with E-state index in [0.717, 1.165) is 18.5 Å². The summed E-state index contributed by atoms with van der Waals surface area (Å²) in [5.41, 5.74) is 1.09. The summed E-state index contributed by atoms with van der Waals surface area (Å²) in [6.45, 7) is 5.47. The number of aromatic carboxylic acids is 1. The van der Waals surface area contributed by atoms with Crippen LogP contribution in [0.5, 0.6) is 0 Å². The second-order valence-electron chi connectivity index (χ2n) is 4.15. The van der Waals surface area contributed by atoms with Crippen molar-refractivity contribution in [1.82, 2.24) is 4.90 Å². The van der Waals surface area contributed by atoms with E-state index in [1.807, 2.05) is 18.7 Å². The zero-order valence-electron chi connectivity index (χ0n) is 10.8. The Bertz CT molecular complexity index is 412. The van der Waals surface area contributed by atoms with Crippen molar-refractivity contribution in [2.24, 2.45) is 0 Å². The summed E-state index contributed by atoms with van der Waals surface area (Å²) in [6, 6.07) is 6.45. The molecule has 0 unspecified atom stereocenters. The Balaban J connectivity index is 2.66. The van der Waals surface area contributed by atoms with Crippen LogP contribution in [0.2, 0.25) is 0 Å². The molecule has 1 aromatic rings. The summed E-state index contributed by atoms with van der Waals surface area (Å²) in [6.07, 6.45) is 1.27. The van der Waals surface area contributed by atoms with E-state index in [0.29, 0.717) is 13.0 Å². The van der Waals surface area contributed by atoms with E-state index in [1.165, 1.54) is 12.1 Å². The van der Waals surface area contributed by atoms with Gasteiger partial charge in [0, 0.05) is 13.1 Å². The monoisotopic (exact) mass is 249 g/mol. The van der Waals surface area contributed by atoms with E-state index in [9.17, 15) is 9.59 Å². The number of benzene rings is 1. The first kappa shape index (κ1) is 14.2. The average Bonchev–Trinajstić information content (AvgIpc) is 2.36. The van der Waals surface area contributed by atoms with Gasteiger partial charge in [-0.1, -0.05) is 19.1 Å². The van der Waals surface area contributed by atoms with E-state index in [4.69, 9.17) is 5.11 Å². The van der Waals surface area contributed by atoms with Crippen LogP contribution in [0.25, 0.3) is 0 Å². The number of nitrogens with zero attached hydrogens (tertiary/aromatic N) is 1. The lowest BCUT2D eigenvalue weighted by Crippen LogP contribution is -2.32. The van der Waals surface area contributed by atoms with Gasteiger partial charge in [-0.15, -0.1) is 0 Å². The van der Waals surface area contributed by atoms with Crippen molar-refractivity contribution in [1.29, 1.82) is 0 Å². The lowest BCUT2D eigenvalue weighted by molar-refractivity contribution is -0.130. The zero-order valence-corrected chi connectivity index (χ0v) is 10.8. The van der Waals surface area contributed by atoms with Crippen LogP contribution in [-0.2, 0) is 11.2 Å². The number of carbonyl (C=O) groups is 2. The molecular weight excluding hydrogens is 230 g/mol. The first-order valence-corrected chi connectivity index (χ1v) is 6.18. The molecule has 0 spiro atoms. The molecule has 1 aromatic carbocycles. The van der Waals surface area contributed by atoms with Crippen LogP contribution < -0.4 is 0 Å². The van der Waals surface area contributed by atoms with Gasteiger partial charge in [-0.3, -0.25) is 4.79 Å². The highest BCUT2D eigenvalue weighted by Gasteiger charge is 2.11. The van der Waals surface area contributed by atoms with Crippen LogP contribution in [0.15, 0.2) is 24.3 Å². The minimum absolute atomic E-state index is 0.0856. The molecule has 0 atom stereocenters. The summed E-state index contributed by atoms with van der Waals surface area (Å²) < 4.78 is 0. The first-order chi connectivity index (χ1) is 8.58. The second kappa shape index (κ2) is 6.79. The molecule has 4 nitrogen and oxygen atoms in total. The summed E-state index contributed by atoms with van der Waals surface area (Å²) in [7, 11) is 0. The number of amides is 1.